The zero-order valence-electron chi connectivity index (χ0n) is 16.3. The highest BCUT2D eigenvalue weighted by molar-refractivity contribution is 7.79. The monoisotopic (exact) mass is 392 g/mol. The van der Waals surface area contributed by atoms with Crippen LogP contribution in [0.4, 0.5) is 0 Å². The van der Waals surface area contributed by atoms with Gasteiger partial charge in [-0.25, -0.2) is 4.21 Å². The van der Waals surface area contributed by atoms with Gasteiger partial charge in [-0.1, -0.05) is 34.1 Å². The quantitative estimate of drug-likeness (QED) is 0.446. The maximum absolute atomic E-state index is 11.9. The van der Waals surface area contributed by atoms with Crippen molar-refractivity contribution in [2.24, 2.45) is 11.3 Å². The molecule has 1 aromatic heterocycles. The number of hydrogen-bond donors (Lipinski definition) is 3. The Balaban J connectivity index is 2.10. The summed E-state index contributed by atoms with van der Waals surface area (Å²) in [6.07, 6.45) is 5.42. The van der Waals surface area contributed by atoms with E-state index in [0.29, 0.717) is 11.3 Å². The molecule has 0 amide bonds. The van der Waals surface area contributed by atoms with Crippen molar-refractivity contribution in [2.45, 2.75) is 76.0 Å². The van der Waals surface area contributed by atoms with Crippen LogP contribution in [0.5, 0.6) is 11.5 Å². The van der Waals surface area contributed by atoms with Gasteiger partial charge in [0, 0.05) is 16.9 Å². The lowest BCUT2D eigenvalue weighted by Gasteiger charge is -2.50. The van der Waals surface area contributed by atoms with Crippen molar-refractivity contribution in [2.75, 3.05) is 0 Å². The third kappa shape index (κ3) is 2.56. The summed E-state index contributed by atoms with van der Waals surface area (Å²) in [7, 11) is 0. The summed E-state index contributed by atoms with van der Waals surface area (Å²) < 4.78 is 27.8. The minimum Gasteiger partial charge on any atom is -0.504 e. The van der Waals surface area contributed by atoms with Crippen molar-refractivity contribution >= 4 is 22.0 Å². The zero-order valence-corrected chi connectivity index (χ0v) is 17.2. The van der Waals surface area contributed by atoms with Crippen molar-refractivity contribution < 1.29 is 23.4 Å². The molecule has 2 aliphatic rings. The molecular formula is C21H28O5S. The van der Waals surface area contributed by atoms with Crippen LogP contribution in [0.1, 0.15) is 77.0 Å². The van der Waals surface area contributed by atoms with E-state index in [2.05, 4.69) is 27.7 Å². The number of fused-ring (bicyclic) bond motifs is 5. The lowest BCUT2D eigenvalue weighted by atomic mass is 9.53. The molecular weight excluding hydrogens is 364 g/mol. The molecule has 1 saturated carbocycles. The van der Waals surface area contributed by atoms with Gasteiger partial charge in [0.2, 0.25) is 0 Å². The van der Waals surface area contributed by atoms with Crippen LogP contribution < -0.4 is 0 Å². The number of furan rings is 1. The molecule has 1 aromatic carbocycles. The molecule has 0 spiro atoms. The molecule has 4 rings (SSSR count). The van der Waals surface area contributed by atoms with Gasteiger partial charge in [0.25, 0.3) is 0 Å². The van der Waals surface area contributed by atoms with Crippen LogP contribution in [0.3, 0.4) is 0 Å². The molecule has 2 aromatic rings. The minimum atomic E-state index is -2.46. The summed E-state index contributed by atoms with van der Waals surface area (Å²) in [6.45, 7) is 9.09. The lowest BCUT2D eigenvalue weighted by molar-refractivity contribution is 0.0504. The number of benzene rings is 1. The van der Waals surface area contributed by atoms with Crippen LogP contribution in [0.25, 0.3) is 11.0 Å². The third-order valence-electron chi connectivity index (χ3n) is 7.23. The minimum absolute atomic E-state index is 0.134. The first-order valence-corrected chi connectivity index (χ1v) is 10.8. The van der Waals surface area contributed by atoms with E-state index in [-0.39, 0.29) is 33.0 Å². The van der Waals surface area contributed by atoms with E-state index < -0.39 is 16.8 Å². The Morgan fingerprint density at radius 3 is 2.56 bits per heavy atom. The fraction of sp³-hybridized carbons (Fsp3) is 0.619. The highest BCUT2D eigenvalue weighted by atomic mass is 32.2. The fourth-order valence-electron chi connectivity index (χ4n) is 5.97. The average molecular weight is 393 g/mol. The molecule has 4 atom stereocenters. The molecule has 6 heteroatoms. The number of hydrogen-bond acceptors (Lipinski definition) is 4. The molecule has 0 bridgehead atoms. The number of phenolic OH excluding ortho intramolecular Hbond substituents is 2. The Morgan fingerprint density at radius 2 is 1.89 bits per heavy atom. The predicted molar refractivity (Wildman–Crippen MR) is 105 cm³/mol. The van der Waals surface area contributed by atoms with Crippen molar-refractivity contribution in [1.82, 2.24) is 0 Å². The summed E-state index contributed by atoms with van der Waals surface area (Å²) in [5, 5.41) is 21.1. The molecule has 1 heterocycles. The molecule has 27 heavy (non-hydrogen) atoms. The SMILES string of the molecule is CC1CC[C@@H]2C(C)(C)CCC[C@@]2(C)c2c1oc1c(S(=O)O)c(O)c(O)cc21. The molecule has 148 valence electrons. The van der Waals surface area contributed by atoms with Gasteiger partial charge in [-0.05, 0) is 48.5 Å². The van der Waals surface area contributed by atoms with E-state index in [4.69, 9.17) is 4.42 Å². The Hall–Kier alpha value is -1.53. The molecule has 0 saturated heterocycles. The number of rotatable bonds is 1. The van der Waals surface area contributed by atoms with Gasteiger partial charge >= 0.3 is 0 Å². The summed E-state index contributed by atoms with van der Waals surface area (Å²) in [5.41, 5.74) is 1.35. The van der Waals surface area contributed by atoms with E-state index in [0.717, 1.165) is 37.0 Å². The normalized spacial score (nSPS) is 31.1. The van der Waals surface area contributed by atoms with Gasteiger partial charge in [0.05, 0.1) is 0 Å². The van der Waals surface area contributed by atoms with E-state index in [1.54, 1.807) is 0 Å². The highest BCUT2D eigenvalue weighted by Crippen LogP contribution is 2.60. The fourth-order valence-corrected chi connectivity index (χ4v) is 6.55. The van der Waals surface area contributed by atoms with Crippen LogP contribution in [0, 0.1) is 11.3 Å². The summed E-state index contributed by atoms with van der Waals surface area (Å²) >= 11 is -2.46. The van der Waals surface area contributed by atoms with Gasteiger partial charge < -0.3 is 19.2 Å². The zero-order chi connectivity index (χ0) is 19.7. The van der Waals surface area contributed by atoms with Gasteiger partial charge in [0.15, 0.2) is 33.1 Å². The molecule has 0 radical (unpaired) electrons. The number of aromatic hydroxyl groups is 2. The van der Waals surface area contributed by atoms with Crippen molar-refractivity contribution in [3.8, 4) is 11.5 Å². The van der Waals surface area contributed by atoms with Crippen LogP contribution >= 0.6 is 0 Å². The second-order valence-corrected chi connectivity index (χ2v) is 10.2. The molecule has 3 N–H and O–H groups in total. The van der Waals surface area contributed by atoms with Gasteiger partial charge in [0.1, 0.15) is 5.76 Å². The molecule has 2 unspecified atom stereocenters. The molecule has 5 nitrogen and oxygen atoms in total. The summed E-state index contributed by atoms with van der Waals surface area (Å²) in [6, 6.07) is 1.51. The Morgan fingerprint density at radius 1 is 1.19 bits per heavy atom. The van der Waals surface area contributed by atoms with E-state index in [1.807, 2.05) is 0 Å². The smallest absolute Gasteiger partial charge is 0.194 e. The van der Waals surface area contributed by atoms with Crippen molar-refractivity contribution in [1.29, 1.82) is 0 Å². The van der Waals surface area contributed by atoms with E-state index in [1.165, 1.54) is 12.5 Å². The van der Waals surface area contributed by atoms with Crippen molar-refractivity contribution in [3.05, 3.63) is 17.4 Å². The van der Waals surface area contributed by atoms with Gasteiger partial charge in [-0.2, -0.15) is 0 Å². The second-order valence-electron chi connectivity index (χ2n) is 9.33. The Kier molecular flexibility index (Phi) is 4.17. The van der Waals surface area contributed by atoms with E-state index >= 15 is 0 Å². The van der Waals surface area contributed by atoms with Crippen LogP contribution in [-0.4, -0.2) is 19.0 Å². The maximum Gasteiger partial charge on any atom is 0.194 e. The second kappa shape index (κ2) is 5.98. The maximum atomic E-state index is 11.9. The summed E-state index contributed by atoms with van der Waals surface area (Å²) in [4.78, 5) is -0.236. The Labute approximate surface area is 162 Å². The first-order chi connectivity index (χ1) is 12.6. The standard InChI is InChI=1S/C21H28O5S/c1-11-6-7-14-20(2,3)8-5-9-21(14,4)15-12-10-13(22)16(23)19(27(24)25)18(12)26-17(11)15/h10-11,14,22-23H,5-9H2,1-4H3,(H,24,25)/t11?,14-,21-/m1/s1. The predicted octanol–water partition coefficient (Wildman–Crippen LogP) is 5.41. The van der Waals surface area contributed by atoms with Gasteiger partial charge in [-0.15, -0.1) is 0 Å². The largest absolute Gasteiger partial charge is 0.504 e. The Bertz CT molecular complexity index is 944. The third-order valence-corrected chi connectivity index (χ3v) is 7.96. The lowest BCUT2D eigenvalue weighted by Crippen LogP contribution is -2.44. The molecule has 1 fully saturated rings. The van der Waals surface area contributed by atoms with E-state index in [9.17, 15) is 19.0 Å². The van der Waals surface area contributed by atoms with Crippen LogP contribution in [0.2, 0.25) is 0 Å². The van der Waals surface area contributed by atoms with Gasteiger partial charge in [-0.3, -0.25) is 0 Å². The summed E-state index contributed by atoms with van der Waals surface area (Å²) in [5.74, 6) is 0.516. The van der Waals surface area contributed by atoms with Crippen LogP contribution in [0.15, 0.2) is 15.4 Å². The van der Waals surface area contributed by atoms with Crippen molar-refractivity contribution in [3.63, 3.8) is 0 Å². The first kappa shape index (κ1) is 18.8. The highest BCUT2D eigenvalue weighted by Gasteiger charge is 2.51. The average Bonchev–Trinajstić information content (AvgIpc) is 2.88. The topological polar surface area (TPSA) is 90.9 Å². The van der Waals surface area contributed by atoms with Crippen LogP contribution in [-0.2, 0) is 16.5 Å². The number of phenols is 2. The molecule has 0 aliphatic heterocycles. The first-order valence-electron chi connectivity index (χ1n) is 9.70. The molecule has 2 aliphatic carbocycles.